The number of rotatable bonds is 19. The molecule has 266 valence electrons. The summed E-state index contributed by atoms with van der Waals surface area (Å²) in [4.78, 5) is 15.5. The Morgan fingerprint density at radius 2 is 1.31 bits per heavy atom. The van der Waals surface area contributed by atoms with E-state index in [0.29, 0.717) is 6.61 Å². The van der Waals surface area contributed by atoms with E-state index in [1.807, 2.05) is 30.3 Å². The largest absolute Gasteiger partial charge is 0.488 e. The fourth-order valence-corrected chi connectivity index (χ4v) is 12.1. The van der Waals surface area contributed by atoms with E-state index in [4.69, 9.17) is 9.16 Å². The van der Waals surface area contributed by atoms with Crippen molar-refractivity contribution in [3.63, 3.8) is 0 Å². The smallest absolute Gasteiger partial charge is 0.261 e. The van der Waals surface area contributed by atoms with Crippen LogP contribution in [0.15, 0.2) is 121 Å². The van der Waals surface area contributed by atoms with E-state index in [2.05, 4.69) is 136 Å². The average Bonchev–Trinajstić information content (AvgIpc) is 3.63. The first-order valence-corrected chi connectivity index (χ1v) is 21.1. The van der Waals surface area contributed by atoms with E-state index in [1.54, 1.807) is 0 Å². The molecule has 4 nitrogen and oxygen atoms in total. The van der Waals surface area contributed by atoms with Crippen LogP contribution in [-0.2, 0) is 11.0 Å². The van der Waals surface area contributed by atoms with Gasteiger partial charge in [0.25, 0.3) is 8.32 Å². The molecular weight excluding hydrogens is 663 g/mol. The highest BCUT2D eigenvalue weighted by Gasteiger charge is 2.49. The van der Waals surface area contributed by atoms with Gasteiger partial charge in [-0.3, -0.25) is 4.79 Å². The van der Waals surface area contributed by atoms with Crippen LogP contribution in [0.3, 0.4) is 0 Å². The number of hydrogen-bond acceptors (Lipinski definition) is 5. The maximum absolute atomic E-state index is 11.2. The molecule has 0 amide bonds. The van der Waals surface area contributed by atoms with Gasteiger partial charge in [-0.1, -0.05) is 132 Å². The maximum atomic E-state index is 11.2. The SMILES string of the molecule is CCCCCN(CCCCO[Si](c1ccccc1)(c1ccccc1)C(C)(C)C)c1ccc(/C=C/c2ccc(C=O)s2)c(OCc2ccccc2)c1. The molecule has 0 fully saturated rings. The van der Waals surface area contributed by atoms with Crippen LogP contribution in [-0.4, -0.2) is 34.3 Å². The van der Waals surface area contributed by atoms with Crippen molar-refractivity contribution >= 4 is 54.2 Å². The van der Waals surface area contributed by atoms with Gasteiger partial charge in [0.2, 0.25) is 0 Å². The number of ether oxygens (including phenoxy) is 1. The summed E-state index contributed by atoms with van der Waals surface area (Å²) in [6, 6.07) is 42.6. The van der Waals surface area contributed by atoms with Crippen molar-refractivity contribution in [1.82, 2.24) is 0 Å². The second-order valence-corrected chi connectivity index (χ2v) is 19.6. The minimum absolute atomic E-state index is 0.0332. The van der Waals surface area contributed by atoms with Crippen molar-refractivity contribution in [2.75, 3.05) is 24.6 Å². The summed E-state index contributed by atoms with van der Waals surface area (Å²) in [5.74, 6) is 0.857. The lowest BCUT2D eigenvalue weighted by Gasteiger charge is -2.43. The lowest BCUT2D eigenvalue weighted by molar-refractivity contribution is 0.112. The Labute approximate surface area is 310 Å². The van der Waals surface area contributed by atoms with E-state index in [0.717, 1.165) is 71.9 Å². The van der Waals surface area contributed by atoms with Crippen molar-refractivity contribution in [3.05, 3.63) is 142 Å². The summed E-state index contributed by atoms with van der Waals surface area (Å²) in [6.07, 6.45) is 10.6. The van der Waals surface area contributed by atoms with Gasteiger partial charge in [0.15, 0.2) is 6.29 Å². The minimum Gasteiger partial charge on any atom is -0.488 e. The molecule has 0 saturated carbocycles. The third kappa shape index (κ3) is 10.2. The molecule has 0 radical (unpaired) electrons. The molecule has 1 aromatic heterocycles. The molecule has 6 heteroatoms. The zero-order chi connectivity index (χ0) is 35.9. The van der Waals surface area contributed by atoms with Crippen molar-refractivity contribution in [2.45, 2.75) is 71.4 Å². The predicted octanol–water partition coefficient (Wildman–Crippen LogP) is 10.7. The van der Waals surface area contributed by atoms with Gasteiger partial charge in [0.1, 0.15) is 12.4 Å². The highest BCUT2D eigenvalue weighted by molar-refractivity contribution is 7.14. The Hall–Kier alpha value is -4.23. The molecular formula is C45H53NO3SSi. The number of carbonyl (C=O) groups excluding carboxylic acids is 1. The van der Waals surface area contributed by atoms with Gasteiger partial charge >= 0.3 is 0 Å². The minimum atomic E-state index is -2.55. The third-order valence-electron chi connectivity index (χ3n) is 9.38. The molecule has 0 bridgehead atoms. The van der Waals surface area contributed by atoms with E-state index in [9.17, 15) is 4.79 Å². The summed E-state index contributed by atoms with van der Waals surface area (Å²) < 4.78 is 13.7. The molecule has 0 N–H and O–H groups in total. The van der Waals surface area contributed by atoms with Crippen LogP contribution < -0.4 is 20.0 Å². The van der Waals surface area contributed by atoms with Gasteiger partial charge < -0.3 is 14.1 Å². The fourth-order valence-electron chi connectivity index (χ4n) is 6.73. The van der Waals surface area contributed by atoms with Gasteiger partial charge in [0, 0.05) is 41.9 Å². The summed E-state index contributed by atoms with van der Waals surface area (Å²) in [5, 5.41) is 2.62. The number of unbranched alkanes of at least 4 members (excludes halogenated alkanes) is 3. The summed E-state index contributed by atoms with van der Waals surface area (Å²) in [7, 11) is -2.55. The van der Waals surface area contributed by atoms with Crippen LogP contribution in [0.4, 0.5) is 5.69 Å². The topological polar surface area (TPSA) is 38.8 Å². The molecule has 0 aliphatic heterocycles. The van der Waals surface area contributed by atoms with Crippen LogP contribution in [0.2, 0.25) is 5.04 Å². The number of anilines is 1. The highest BCUT2D eigenvalue weighted by atomic mass is 32.1. The molecule has 0 aliphatic carbocycles. The Balaban J connectivity index is 1.34. The summed E-state index contributed by atoms with van der Waals surface area (Å²) >= 11 is 1.49. The zero-order valence-corrected chi connectivity index (χ0v) is 32.5. The number of nitrogens with zero attached hydrogens (tertiary/aromatic N) is 1. The number of thiophene rings is 1. The second-order valence-electron chi connectivity index (χ2n) is 14.1. The molecule has 5 aromatic rings. The van der Waals surface area contributed by atoms with Gasteiger partial charge in [-0.25, -0.2) is 0 Å². The number of benzene rings is 4. The molecule has 0 atom stereocenters. The van der Waals surface area contributed by atoms with Crippen molar-refractivity contribution in [2.24, 2.45) is 0 Å². The fraction of sp³-hybridized carbons (Fsp3) is 0.311. The Morgan fingerprint density at radius 1 is 0.706 bits per heavy atom. The van der Waals surface area contributed by atoms with Gasteiger partial charge in [-0.15, -0.1) is 11.3 Å². The first-order chi connectivity index (χ1) is 24.8. The van der Waals surface area contributed by atoms with Crippen LogP contribution >= 0.6 is 11.3 Å². The van der Waals surface area contributed by atoms with Gasteiger partial charge in [-0.2, -0.15) is 0 Å². The maximum Gasteiger partial charge on any atom is 0.261 e. The Morgan fingerprint density at radius 3 is 1.90 bits per heavy atom. The summed E-state index contributed by atoms with van der Waals surface area (Å²) in [5.41, 5.74) is 3.33. The van der Waals surface area contributed by atoms with Crippen LogP contribution in [0, 0.1) is 0 Å². The Kier molecular flexibility index (Phi) is 14.0. The van der Waals surface area contributed by atoms with Crippen molar-refractivity contribution in [1.29, 1.82) is 0 Å². The standard InChI is InChI=1S/C45H53NO3SSi/c1-5-6-16-31-46(32-17-18-33-49-51(45(2,3)4,42-21-12-8-13-22-42)43-23-14-9-15-24-43)39-27-25-38(26-28-40-29-30-41(35-47)50-40)44(34-39)48-36-37-19-10-7-11-20-37/h7-15,19-30,34-35H,5-6,16-18,31-33,36H2,1-4H3/b28-26+. The molecule has 4 aromatic carbocycles. The third-order valence-corrected chi connectivity index (χ3v) is 15.4. The predicted molar refractivity (Wildman–Crippen MR) is 220 cm³/mol. The van der Waals surface area contributed by atoms with E-state index in [-0.39, 0.29) is 5.04 Å². The lowest BCUT2D eigenvalue weighted by atomic mass is 10.1. The van der Waals surface area contributed by atoms with Crippen LogP contribution in [0.1, 0.15) is 85.5 Å². The summed E-state index contributed by atoms with van der Waals surface area (Å²) in [6.45, 7) is 12.4. The molecule has 5 rings (SSSR count). The van der Waals surface area contributed by atoms with Crippen molar-refractivity contribution < 1.29 is 14.0 Å². The lowest BCUT2D eigenvalue weighted by Crippen LogP contribution is -2.66. The quantitative estimate of drug-likeness (QED) is 0.0485. The molecule has 51 heavy (non-hydrogen) atoms. The molecule has 0 spiro atoms. The zero-order valence-electron chi connectivity index (χ0n) is 30.7. The molecule has 0 unspecified atom stereocenters. The first-order valence-electron chi connectivity index (χ1n) is 18.4. The monoisotopic (exact) mass is 715 g/mol. The molecule has 1 heterocycles. The number of carbonyl (C=O) groups is 1. The average molecular weight is 716 g/mol. The number of aldehydes is 1. The van der Waals surface area contributed by atoms with E-state index >= 15 is 0 Å². The molecule has 0 aliphatic rings. The highest BCUT2D eigenvalue weighted by Crippen LogP contribution is 2.37. The van der Waals surface area contributed by atoms with E-state index < -0.39 is 8.32 Å². The Bertz CT molecular complexity index is 1760. The molecule has 0 saturated heterocycles. The number of hydrogen-bond donors (Lipinski definition) is 0. The second kappa shape index (κ2) is 18.8. The van der Waals surface area contributed by atoms with E-state index in [1.165, 1.54) is 40.2 Å². The van der Waals surface area contributed by atoms with Gasteiger partial charge in [-0.05, 0) is 76.7 Å². The first kappa shape index (κ1) is 38.0. The van der Waals surface area contributed by atoms with Crippen LogP contribution in [0.25, 0.3) is 12.2 Å². The normalized spacial score (nSPS) is 11.9. The van der Waals surface area contributed by atoms with Crippen LogP contribution in [0.5, 0.6) is 5.75 Å². The van der Waals surface area contributed by atoms with Crippen molar-refractivity contribution in [3.8, 4) is 5.75 Å². The van der Waals surface area contributed by atoms with Gasteiger partial charge in [0.05, 0.1) is 4.88 Å².